The molecule has 0 spiro atoms. The van der Waals surface area contributed by atoms with Crippen LogP contribution in [0.3, 0.4) is 0 Å². The lowest BCUT2D eigenvalue weighted by atomic mass is 9.95. The molecule has 140 valence electrons. The van der Waals surface area contributed by atoms with Gasteiger partial charge in [-0.25, -0.2) is 9.59 Å². The average Bonchev–Trinajstić information content (AvgIpc) is 2.60. The highest BCUT2D eigenvalue weighted by Crippen LogP contribution is 2.28. The first-order valence-corrected chi connectivity index (χ1v) is 8.70. The van der Waals surface area contributed by atoms with E-state index in [2.05, 4.69) is 10.6 Å². The molecule has 0 radical (unpaired) electrons. The number of ether oxygens (including phenoxy) is 3. The Hall–Kier alpha value is -2.61. The van der Waals surface area contributed by atoms with E-state index in [9.17, 15) is 9.59 Å². The van der Waals surface area contributed by atoms with Crippen molar-refractivity contribution < 1.29 is 23.8 Å². The van der Waals surface area contributed by atoms with E-state index >= 15 is 0 Å². The minimum Gasteiger partial charge on any atom is -0.482 e. The summed E-state index contributed by atoms with van der Waals surface area (Å²) in [6.45, 7) is 5.71. The summed E-state index contributed by atoms with van der Waals surface area (Å²) in [5.74, 6) is -0.304. The van der Waals surface area contributed by atoms with Crippen LogP contribution in [0.25, 0.3) is 0 Å². The molecule has 1 unspecified atom stereocenters. The van der Waals surface area contributed by atoms with Gasteiger partial charge in [-0.1, -0.05) is 12.1 Å². The zero-order valence-corrected chi connectivity index (χ0v) is 15.8. The summed E-state index contributed by atoms with van der Waals surface area (Å²) in [4.78, 5) is 23.7. The van der Waals surface area contributed by atoms with E-state index in [1.807, 2.05) is 0 Å². The monoisotopic (exact) mass is 378 g/mol. The Morgan fingerprint density at radius 3 is 2.38 bits per heavy atom. The SMILES string of the molecule is CCOC(=O)COc1ccc(C2NC(=S)NC(C)=C2C(=O)OCC)cc1. The molecule has 0 amide bonds. The first-order chi connectivity index (χ1) is 12.5. The number of hydrogen-bond acceptors (Lipinski definition) is 6. The van der Waals surface area contributed by atoms with Gasteiger partial charge >= 0.3 is 11.9 Å². The number of esters is 2. The molecule has 2 N–H and O–H groups in total. The Kier molecular flexibility index (Phi) is 6.97. The molecule has 1 atom stereocenters. The molecule has 0 saturated carbocycles. The summed E-state index contributed by atoms with van der Waals surface area (Å²) in [6, 6.07) is 6.62. The first kappa shape index (κ1) is 19.7. The van der Waals surface area contributed by atoms with Gasteiger partial charge in [0.25, 0.3) is 0 Å². The van der Waals surface area contributed by atoms with Gasteiger partial charge < -0.3 is 24.8 Å². The van der Waals surface area contributed by atoms with E-state index in [1.54, 1.807) is 45.0 Å². The van der Waals surface area contributed by atoms with Crippen molar-refractivity contribution in [1.29, 1.82) is 0 Å². The van der Waals surface area contributed by atoms with E-state index in [0.717, 1.165) is 5.56 Å². The standard InChI is InChI=1S/C18H22N2O5S/c1-4-23-14(21)10-25-13-8-6-12(7-9-13)16-15(17(22)24-5-2)11(3)19-18(26)20-16/h6-9,16H,4-5,10H2,1-3H3,(H2,19,20,26). The van der Waals surface area contributed by atoms with Crippen molar-refractivity contribution in [2.45, 2.75) is 26.8 Å². The Morgan fingerprint density at radius 2 is 1.77 bits per heavy atom. The van der Waals surface area contributed by atoms with Crippen LogP contribution in [-0.4, -0.2) is 36.9 Å². The molecule has 1 heterocycles. The van der Waals surface area contributed by atoms with Crippen LogP contribution < -0.4 is 15.4 Å². The molecule has 8 heteroatoms. The lowest BCUT2D eigenvalue weighted by Gasteiger charge is -2.29. The minimum atomic E-state index is -0.429. The number of benzene rings is 1. The van der Waals surface area contributed by atoms with Crippen LogP contribution in [0.2, 0.25) is 0 Å². The second-order valence-corrected chi connectivity index (χ2v) is 5.86. The van der Waals surface area contributed by atoms with E-state index in [-0.39, 0.29) is 13.2 Å². The number of nitrogens with one attached hydrogen (secondary N) is 2. The summed E-state index contributed by atoms with van der Waals surface area (Å²) in [6.07, 6.45) is 0. The molecule has 2 rings (SSSR count). The van der Waals surface area contributed by atoms with E-state index in [4.69, 9.17) is 26.4 Å². The van der Waals surface area contributed by atoms with Gasteiger partial charge in [-0.15, -0.1) is 0 Å². The fourth-order valence-electron chi connectivity index (χ4n) is 2.52. The Balaban J connectivity index is 2.17. The largest absolute Gasteiger partial charge is 0.482 e. The topological polar surface area (TPSA) is 85.9 Å². The maximum atomic E-state index is 12.3. The zero-order chi connectivity index (χ0) is 19.1. The maximum absolute atomic E-state index is 12.3. The van der Waals surface area contributed by atoms with Crippen LogP contribution in [0.5, 0.6) is 5.75 Å². The molecule has 0 saturated heterocycles. The second-order valence-electron chi connectivity index (χ2n) is 5.45. The number of hydrogen-bond donors (Lipinski definition) is 2. The quantitative estimate of drug-likeness (QED) is 0.550. The molecule has 1 aliphatic heterocycles. The predicted octanol–water partition coefficient (Wildman–Crippen LogP) is 1.98. The number of allylic oxidation sites excluding steroid dienone is 1. The van der Waals surface area contributed by atoms with Crippen molar-refractivity contribution in [3.63, 3.8) is 0 Å². The number of carbonyl (C=O) groups excluding carboxylic acids is 2. The third-order valence-electron chi connectivity index (χ3n) is 3.64. The molecule has 0 aromatic heterocycles. The predicted molar refractivity (Wildman–Crippen MR) is 99.5 cm³/mol. The summed E-state index contributed by atoms with van der Waals surface area (Å²) < 4.78 is 15.4. The molecule has 1 aromatic carbocycles. The number of thiocarbonyl (C=S) groups is 1. The van der Waals surface area contributed by atoms with Crippen molar-refractivity contribution >= 4 is 29.3 Å². The third-order valence-corrected chi connectivity index (χ3v) is 3.86. The van der Waals surface area contributed by atoms with Gasteiger partial charge in [0.15, 0.2) is 11.7 Å². The number of carbonyl (C=O) groups is 2. The smallest absolute Gasteiger partial charge is 0.344 e. The molecule has 7 nitrogen and oxygen atoms in total. The fraction of sp³-hybridized carbons (Fsp3) is 0.389. The number of rotatable bonds is 7. The van der Waals surface area contributed by atoms with Crippen LogP contribution >= 0.6 is 12.2 Å². The molecule has 0 fully saturated rings. The van der Waals surface area contributed by atoms with E-state index in [1.165, 1.54) is 0 Å². The Labute approximate surface area is 157 Å². The molecular weight excluding hydrogens is 356 g/mol. The van der Waals surface area contributed by atoms with E-state index < -0.39 is 18.0 Å². The van der Waals surface area contributed by atoms with Crippen LogP contribution in [-0.2, 0) is 19.1 Å². The van der Waals surface area contributed by atoms with Gasteiger partial charge in [0.2, 0.25) is 0 Å². The molecule has 1 aromatic rings. The van der Waals surface area contributed by atoms with Crippen LogP contribution in [0.15, 0.2) is 35.5 Å². The van der Waals surface area contributed by atoms with Crippen molar-refractivity contribution in [2.24, 2.45) is 0 Å². The molecule has 0 bridgehead atoms. The lowest BCUT2D eigenvalue weighted by molar-refractivity contribution is -0.145. The molecule has 1 aliphatic rings. The normalized spacial score (nSPS) is 16.4. The van der Waals surface area contributed by atoms with Crippen molar-refractivity contribution in [3.8, 4) is 5.75 Å². The molecule has 26 heavy (non-hydrogen) atoms. The molecular formula is C18H22N2O5S. The van der Waals surface area contributed by atoms with Crippen molar-refractivity contribution in [1.82, 2.24) is 10.6 Å². The first-order valence-electron chi connectivity index (χ1n) is 8.30. The van der Waals surface area contributed by atoms with E-state index in [0.29, 0.717) is 28.7 Å². The summed E-state index contributed by atoms with van der Waals surface area (Å²) >= 11 is 5.20. The van der Waals surface area contributed by atoms with Gasteiger partial charge in [-0.05, 0) is 50.7 Å². The fourth-order valence-corrected chi connectivity index (χ4v) is 2.80. The maximum Gasteiger partial charge on any atom is 0.344 e. The van der Waals surface area contributed by atoms with Gasteiger partial charge in [0, 0.05) is 5.70 Å². The van der Waals surface area contributed by atoms with Crippen LogP contribution in [0, 0.1) is 0 Å². The zero-order valence-electron chi connectivity index (χ0n) is 15.0. The van der Waals surface area contributed by atoms with Gasteiger partial charge in [0.1, 0.15) is 5.75 Å². The van der Waals surface area contributed by atoms with Crippen LogP contribution in [0.4, 0.5) is 0 Å². The van der Waals surface area contributed by atoms with Gasteiger partial charge in [-0.3, -0.25) is 0 Å². The van der Waals surface area contributed by atoms with Gasteiger partial charge in [-0.2, -0.15) is 0 Å². The summed E-state index contributed by atoms with van der Waals surface area (Å²) in [5.41, 5.74) is 1.94. The highest BCUT2D eigenvalue weighted by atomic mass is 32.1. The van der Waals surface area contributed by atoms with Crippen molar-refractivity contribution in [3.05, 3.63) is 41.1 Å². The minimum absolute atomic E-state index is 0.157. The Bertz CT molecular complexity index is 715. The third kappa shape index (κ3) is 4.95. The summed E-state index contributed by atoms with van der Waals surface area (Å²) in [7, 11) is 0. The molecule has 0 aliphatic carbocycles. The Morgan fingerprint density at radius 1 is 1.12 bits per heavy atom. The summed E-state index contributed by atoms with van der Waals surface area (Å²) in [5, 5.41) is 6.47. The highest BCUT2D eigenvalue weighted by molar-refractivity contribution is 7.80. The second kappa shape index (κ2) is 9.19. The average molecular weight is 378 g/mol. The highest BCUT2D eigenvalue weighted by Gasteiger charge is 2.30. The lowest BCUT2D eigenvalue weighted by Crippen LogP contribution is -2.45. The van der Waals surface area contributed by atoms with Crippen molar-refractivity contribution in [2.75, 3.05) is 19.8 Å². The van der Waals surface area contributed by atoms with Crippen LogP contribution in [0.1, 0.15) is 32.4 Å². The van der Waals surface area contributed by atoms with Gasteiger partial charge in [0.05, 0.1) is 24.8 Å².